The summed E-state index contributed by atoms with van der Waals surface area (Å²) < 4.78 is 296. The quantitative estimate of drug-likeness (QED) is 0.0361. The predicted octanol–water partition coefficient (Wildman–Crippen LogP) is 10.1. The van der Waals surface area contributed by atoms with Crippen LogP contribution in [0.2, 0.25) is 0 Å². The van der Waals surface area contributed by atoms with Crippen LogP contribution in [0.25, 0.3) is 10.8 Å². The van der Waals surface area contributed by atoms with Crippen molar-refractivity contribution in [1.82, 2.24) is 0 Å². The van der Waals surface area contributed by atoms with Gasteiger partial charge in [-0.25, -0.2) is 87.8 Å². The highest BCUT2D eigenvalue weighted by Crippen LogP contribution is 2.31. The Bertz CT molecular complexity index is 3170. The zero-order valence-electron chi connectivity index (χ0n) is 34.8. The third-order valence-corrected chi connectivity index (χ3v) is 11.3. The number of halogens is 20. The molecular weight excluding hydrogens is 1010 g/mol. The van der Waals surface area contributed by atoms with E-state index in [9.17, 15) is 62.3 Å². The maximum Gasteiger partial charge on any atom is 0.256 e. The summed E-state index contributed by atoms with van der Waals surface area (Å²) in [6.45, 7) is 0.125. The summed E-state index contributed by atoms with van der Waals surface area (Å²) in [4.78, 5) is 25.7. The number of fused-ring (bicyclic) bond motifs is 1. The first-order valence-electron chi connectivity index (χ1n) is 19.8. The number of Topliss-reactive ketones (excluding diaryl/α,β-unsaturated/α-hetero) is 1. The van der Waals surface area contributed by atoms with Crippen molar-refractivity contribution in [1.29, 1.82) is 0 Å². The highest BCUT2D eigenvalue weighted by Gasteiger charge is 2.52. The minimum atomic E-state index is -7.22. The minimum absolute atomic E-state index is 0.0284. The molecule has 0 spiro atoms. The Morgan fingerprint density at radius 3 is 1.03 bits per heavy atom. The molecular formula is C48H18BF20NO2. The number of pyridine rings is 1. The van der Waals surface area contributed by atoms with E-state index >= 15 is 35.1 Å². The number of aromatic nitrogens is 1. The van der Waals surface area contributed by atoms with Crippen LogP contribution >= 0.6 is 0 Å². The molecule has 1 aromatic heterocycles. The number of carbonyl (C=O) groups excluding carboxylic acids is 2. The van der Waals surface area contributed by atoms with Crippen LogP contribution in [0.3, 0.4) is 0 Å². The molecule has 1 heterocycles. The molecule has 370 valence electrons. The van der Waals surface area contributed by atoms with Crippen molar-refractivity contribution >= 4 is 50.3 Å². The van der Waals surface area contributed by atoms with E-state index in [4.69, 9.17) is 0 Å². The van der Waals surface area contributed by atoms with Crippen LogP contribution in [0, 0.1) is 116 Å². The maximum atomic E-state index is 15.4. The van der Waals surface area contributed by atoms with E-state index in [1.54, 1.807) is 29.0 Å². The summed E-state index contributed by atoms with van der Waals surface area (Å²) in [5, 5.41) is 2.11. The second-order valence-corrected chi connectivity index (χ2v) is 15.2. The van der Waals surface area contributed by atoms with Gasteiger partial charge in [0.05, 0.1) is 0 Å². The molecule has 0 radical (unpaired) electrons. The molecule has 3 nitrogen and oxygen atoms in total. The predicted molar refractivity (Wildman–Crippen MR) is 214 cm³/mol. The van der Waals surface area contributed by atoms with Gasteiger partial charge in [0.15, 0.2) is 76.0 Å². The lowest BCUT2D eigenvalue weighted by atomic mass is 9.12. The zero-order valence-corrected chi connectivity index (χ0v) is 34.8. The zero-order chi connectivity index (χ0) is 53.0. The van der Waals surface area contributed by atoms with Crippen LogP contribution in [0.4, 0.5) is 87.8 Å². The molecule has 0 atom stereocenters. The number of hydrogen-bond donors (Lipinski definition) is 0. The van der Waals surface area contributed by atoms with Gasteiger partial charge in [-0.2, -0.15) is 4.57 Å². The van der Waals surface area contributed by atoms with Gasteiger partial charge in [-0.05, 0) is 22.9 Å². The summed E-state index contributed by atoms with van der Waals surface area (Å²) in [6, 6.07) is 28.2. The van der Waals surface area contributed by atoms with Crippen molar-refractivity contribution in [2.24, 2.45) is 0 Å². The number of carbonyl (C=O) groups is 2. The van der Waals surface area contributed by atoms with Crippen molar-refractivity contribution < 1.29 is 102 Å². The Balaban J connectivity index is 0.000000238. The Morgan fingerprint density at radius 2 is 0.653 bits per heavy atom. The van der Waals surface area contributed by atoms with Gasteiger partial charge in [0, 0.05) is 23.3 Å². The Hall–Kier alpha value is -8.05. The van der Waals surface area contributed by atoms with Crippen molar-refractivity contribution in [3.8, 4) is 0 Å². The van der Waals surface area contributed by atoms with E-state index in [1.807, 2.05) is 72.8 Å². The highest BCUT2D eigenvalue weighted by molar-refractivity contribution is 7.20. The molecule has 8 aromatic rings. The summed E-state index contributed by atoms with van der Waals surface area (Å²) in [5.74, 6) is -71.5. The lowest BCUT2D eigenvalue weighted by Crippen LogP contribution is -2.81. The van der Waals surface area contributed by atoms with E-state index in [-0.39, 0.29) is 18.1 Å². The third kappa shape index (κ3) is 8.26. The highest BCUT2D eigenvalue weighted by atomic mass is 19.2. The summed E-state index contributed by atoms with van der Waals surface area (Å²) in [5.41, 5.74) is -12.6. The van der Waals surface area contributed by atoms with Gasteiger partial charge >= 0.3 is 0 Å². The molecule has 72 heavy (non-hydrogen) atoms. The van der Waals surface area contributed by atoms with E-state index < -0.39 is 144 Å². The third-order valence-electron chi connectivity index (χ3n) is 11.3. The maximum absolute atomic E-state index is 15.4. The van der Waals surface area contributed by atoms with Crippen molar-refractivity contribution in [3.05, 3.63) is 230 Å². The lowest BCUT2D eigenvalue weighted by Gasteiger charge is -2.44. The van der Waals surface area contributed by atoms with Crippen molar-refractivity contribution in [3.63, 3.8) is 0 Å². The first-order chi connectivity index (χ1) is 33.9. The average molecular weight is 1030 g/mol. The smallest absolute Gasteiger partial charge is 0.256 e. The van der Waals surface area contributed by atoms with Gasteiger partial charge in [-0.3, -0.25) is 9.59 Å². The fourth-order valence-corrected chi connectivity index (χ4v) is 8.04. The van der Waals surface area contributed by atoms with Crippen molar-refractivity contribution in [2.75, 3.05) is 0 Å². The van der Waals surface area contributed by atoms with Crippen LogP contribution in [0.5, 0.6) is 0 Å². The normalized spacial score (nSPS) is 11.5. The van der Waals surface area contributed by atoms with Gasteiger partial charge in [-0.15, -0.1) is 21.9 Å². The number of nitrogens with zero attached hydrogens (tertiary/aromatic N) is 1. The van der Waals surface area contributed by atoms with Gasteiger partial charge < -0.3 is 0 Å². The molecule has 0 bridgehead atoms. The van der Waals surface area contributed by atoms with Crippen LogP contribution in [0.1, 0.15) is 26.4 Å². The largest absolute Gasteiger partial charge is 0.287 e. The monoisotopic (exact) mass is 1030 g/mol. The SMILES string of the molecule is Fc1c(F)c(F)c([B-](c2c(F)c(F)c(F)c(F)c2F)(c2c(F)c(F)c(F)c(F)c2F)c2c(F)c(F)c(F)c(F)c2F)c(F)c1F.O=C(C[n+]1ccccc1C(=O)c1ccc2ccccc2c1)c1ccccc1. The van der Waals surface area contributed by atoms with Gasteiger partial charge in [0.25, 0.3) is 11.5 Å². The molecule has 0 saturated heterocycles. The molecule has 7 aromatic carbocycles. The number of hydrogen-bond acceptors (Lipinski definition) is 2. The van der Waals surface area contributed by atoms with Crippen molar-refractivity contribution in [2.45, 2.75) is 6.54 Å². The summed E-state index contributed by atoms with van der Waals surface area (Å²) in [6.07, 6.45) is -5.44. The molecule has 0 aliphatic heterocycles. The van der Waals surface area contributed by atoms with E-state index in [0.29, 0.717) is 16.8 Å². The van der Waals surface area contributed by atoms with Crippen LogP contribution in [-0.4, -0.2) is 17.7 Å². The molecule has 0 unspecified atom stereocenters. The Morgan fingerprint density at radius 1 is 0.333 bits per heavy atom. The van der Waals surface area contributed by atoms with E-state index in [2.05, 4.69) is 0 Å². The fraction of sp³-hybridized carbons (Fsp3) is 0.0208. The lowest BCUT2D eigenvalue weighted by molar-refractivity contribution is -0.684. The molecule has 0 aliphatic carbocycles. The minimum Gasteiger partial charge on any atom is -0.287 e. The van der Waals surface area contributed by atoms with Crippen LogP contribution in [-0.2, 0) is 6.54 Å². The van der Waals surface area contributed by atoms with E-state index in [0.717, 1.165) is 10.8 Å². The van der Waals surface area contributed by atoms with E-state index in [1.165, 1.54) is 0 Å². The standard InChI is InChI=1S/C24BF20.C24H18NO2/c26-5-1(6(27)14(35)21(42)13(5)34)25(2-7(28)15(36)22(43)16(37)8(2)29,3-9(30)17(38)23(44)18(39)10(3)31)4-11(32)19(40)24(45)20(41)12(4)33;26-23(19-9-2-1-3-10-19)17-25-15-7-6-12-22(25)24(27)21-14-13-18-8-4-5-11-20(18)16-21/h;1-16H,17H2/q-1;+1. The molecule has 0 fully saturated rings. The fourth-order valence-electron chi connectivity index (χ4n) is 8.04. The molecule has 8 rings (SSSR count). The number of ketones is 2. The Labute approximate surface area is 388 Å². The second-order valence-electron chi connectivity index (χ2n) is 15.2. The first kappa shape index (κ1) is 51.8. The number of benzene rings is 7. The Kier molecular flexibility index (Phi) is 14.1. The molecule has 0 N–H and O–H groups in total. The van der Waals surface area contributed by atoms with Crippen LogP contribution in [0.15, 0.2) is 97.2 Å². The summed E-state index contributed by atoms with van der Waals surface area (Å²) in [7, 11) is 0. The molecule has 0 saturated carbocycles. The average Bonchev–Trinajstić information content (AvgIpc) is 3.38. The van der Waals surface area contributed by atoms with Crippen LogP contribution < -0.4 is 26.4 Å². The first-order valence-corrected chi connectivity index (χ1v) is 19.8. The van der Waals surface area contributed by atoms with Gasteiger partial charge in [0.2, 0.25) is 12.3 Å². The number of rotatable bonds is 9. The summed E-state index contributed by atoms with van der Waals surface area (Å²) >= 11 is 0. The molecule has 24 heteroatoms. The topological polar surface area (TPSA) is 38.0 Å². The van der Waals surface area contributed by atoms with Gasteiger partial charge in [0.1, 0.15) is 52.7 Å². The second kappa shape index (κ2) is 19.6. The molecule has 0 amide bonds. The molecule has 0 aliphatic rings. The van der Waals surface area contributed by atoms with Gasteiger partial charge in [-0.1, -0.05) is 66.7 Å².